The molecule has 4 heteroatoms. The average Bonchev–Trinajstić information content (AvgIpc) is 3.29. The van der Waals surface area contributed by atoms with Crippen LogP contribution in [0.5, 0.6) is 0 Å². The van der Waals surface area contributed by atoms with Gasteiger partial charge in [-0.05, 0) is 21.1 Å². The molecule has 0 atom stereocenters. The van der Waals surface area contributed by atoms with Crippen molar-refractivity contribution in [3.8, 4) is 9.75 Å². The molecule has 2 heterocycles. The van der Waals surface area contributed by atoms with E-state index in [0.29, 0.717) is 0 Å². The van der Waals surface area contributed by atoms with Crippen molar-refractivity contribution in [1.82, 2.24) is 0 Å². The van der Waals surface area contributed by atoms with E-state index in [2.05, 4.69) is 88.5 Å². The molecule has 0 aliphatic carbocycles. The summed E-state index contributed by atoms with van der Waals surface area (Å²) in [5.41, 5.74) is 0. The van der Waals surface area contributed by atoms with Gasteiger partial charge in [-0.15, -0.1) is 22.7 Å². The van der Waals surface area contributed by atoms with Crippen LogP contribution in [0.1, 0.15) is 41.5 Å². The molecule has 2 aromatic heterocycles. The zero-order valence-corrected chi connectivity index (χ0v) is 20.0. The molecular formula is C20H34S2Si2. The van der Waals surface area contributed by atoms with Crippen molar-refractivity contribution in [1.29, 1.82) is 0 Å². The largest absolute Gasteiger partial charge is 0.144 e. The number of rotatable bonds is 9. The summed E-state index contributed by atoms with van der Waals surface area (Å²) in [7, 11) is -2.45. The van der Waals surface area contributed by atoms with Gasteiger partial charge in [-0.1, -0.05) is 89.9 Å². The summed E-state index contributed by atoms with van der Waals surface area (Å²) in [5.74, 6) is 0. The first kappa shape index (κ1) is 20.1. The molecule has 0 unspecified atom stereocenters. The molecule has 0 amide bonds. The minimum atomic E-state index is -1.22. The molecule has 0 spiro atoms. The van der Waals surface area contributed by atoms with E-state index in [4.69, 9.17) is 0 Å². The highest BCUT2D eigenvalue weighted by Gasteiger charge is 2.32. The van der Waals surface area contributed by atoms with Gasteiger partial charge in [0.2, 0.25) is 0 Å². The predicted molar refractivity (Wildman–Crippen MR) is 121 cm³/mol. The van der Waals surface area contributed by atoms with Gasteiger partial charge in [0.05, 0.1) is 16.1 Å². The summed E-state index contributed by atoms with van der Waals surface area (Å²) >= 11 is 4.20. The molecule has 2 rings (SSSR count). The van der Waals surface area contributed by atoms with Crippen molar-refractivity contribution in [2.45, 2.75) is 77.8 Å². The smallest absolute Gasteiger partial charge is 0.0987 e. The van der Waals surface area contributed by atoms with Gasteiger partial charge in [0.25, 0.3) is 0 Å². The quantitative estimate of drug-likeness (QED) is 0.405. The van der Waals surface area contributed by atoms with E-state index in [9.17, 15) is 0 Å². The Hall–Kier alpha value is -0.166. The highest BCUT2D eigenvalue weighted by Crippen LogP contribution is 2.33. The molecule has 134 valence electrons. The lowest BCUT2D eigenvalue weighted by Crippen LogP contribution is -2.43. The maximum absolute atomic E-state index is 2.46. The monoisotopic (exact) mass is 394 g/mol. The van der Waals surface area contributed by atoms with Crippen molar-refractivity contribution in [2.24, 2.45) is 0 Å². The second-order valence-electron chi connectivity index (χ2n) is 7.01. The fourth-order valence-electron chi connectivity index (χ4n) is 4.06. The molecule has 0 aliphatic heterocycles. The Bertz CT molecular complexity index is 561. The van der Waals surface area contributed by atoms with Gasteiger partial charge in [-0.3, -0.25) is 0 Å². The van der Waals surface area contributed by atoms with Gasteiger partial charge < -0.3 is 0 Å². The molecule has 0 bridgehead atoms. The maximum Gasteiger partial charge on any atom is 0.0987 e. The number of thiophene rings is 2. The molecule has 0 aliphatic rings. The Morgan fingerprint density at radius 3 is 1.08 bits per heavy atom. The lowest BCUT2D eigenvalue weighted by atomic mass is 10.4. The SMILES string of the molecule is CC[Si](CC)(CC)c1ccc(-c2ccc([Si](CC)(CC)CC)s2)s1. The Morgan fingerprint density at radius 1 is 0.542 bits per heavy atom. The lowest BCUT2D eigenvalue weighted by Gasteiger charge is -2.26. The normalized spacial score (nSPS) is 12.8. The first-order valence-electron chi connectivity index (χ1n) is 9.75. The summed E-state index contributed by atoms with van der Waals surface area (Å²) in [6.07, 6.45) is 0. The molecule has 0 aromatic carbocycles. The van der Waals surface area contributed by atoms with Crippen LogP contribution in [-0.4, -0.2) is 16.1 Å². The zero-order valence-electron chi connectivity index (χ0n) is 16.4. The van der Waals surface area contributed by atoms with Gasteiger partial charge in [-0.2, -0.15) is 0 Å². The molecule has 2 aromatic rings. The zero-order chi connectivity index (χ0) is 17.8. The molecule has 0 N–H and O–H groups in total. The van der Waals surface area contributed by atoms with Crippen LogP contribution in [0, 0.1) is 0 Å². The van der Waals surface area contributed by atoms with Crippen LogP contribution in [-0.2, 0) is 0 Å². The Balaban J connectivity index is 2.35. The summed E-state index contributed by atoms with van der Waals surface area (Å²) < 4.78 is 3.45. The first-order valence-corrected chi connectivity index (χ1v) is 16.6. The van der Waals surface area contributed by atoms with Crippen LogP contribution in [0.4, 0.5) is 0 Å². The predicted octanol–water partition coefficient (Wildman–Crippen LogP) is 6.91. The minimum Gasteiger partial charge on any atom is -0.144 e. The third-order valence-electron chi connectivity index (χ3n) is 6.56. The van der Waals surface area contributed by atoms with E-state index in [1.807, 2.05) is 0 Å². The maximum atomic E-state index is 2.46. The molecule has 0 saturated carbocycles. The van der Waals surface area contributed by atoms with E-state index in [1.54, 1.807) is 9.00 Å². The fourth-order valence-corrected chi connectivity index (χ4v) is 16.6. The standard InChI is InChI=1S/C20H34S2Si2/c1-7-23(8-2,9-3)19-15-13-17(21-19)18-14-16-20(22-18)24(10-4,11-5)12-6/h13-16H,7-12H2,1-6H3. The van der Waals surface area contributed by atoms with Crippen LogP contribution in [0.2, 0.25) is 36.3 Å². The van der Waals surface area contributed by atoms with Crippen LogP contribution in [0.25, 0.3) is 9.75 Å². The Labute approximate surface area is 159 Å². The summed E-state index contributed by atoms with van der Waals surface area (Å²) in [5, 5.41) is 0. The number of hydrogen-bond donors (Lipinski definition) is 0. The van der Waals surface area contributed by atoms with E-state index >= 15 is 0 Å². The minimum absolute atomic E-state index is 1.22. The summed E-state index contributed by atoms with van der Waals surface area (Å²) in [6.45, 7) is 14.4. The Kier molecular flexibility index (Phi) is 7.12. The molecule has 0 saturated heterocycles. The van der Waals surface area contributed by atoms with Crippen molar-refractivity contribution < 1.29 is 0 Å². The average molecular weight is 395 g/mol. The lowest BCUT2D eigenvalue weighted by molar-refractivity contribution is 1.20. The van der Waals surface area contributed by atoms with Crippen molar-refractivity contribution in [2.75, 3.05) is 0 Å². The van der Waals surface area contributed by atoms with E-state index in [1.165, 1.54) is 46.0 Å². The van der Waals surface area contributed by atoms with Gasteiger partial charge >= 0.3 is 0 Å². The van der Waals surface area contributed by atoms with Gasteiger partial charge in [-0.25, -0.2) is 0 Å². The van der Waals surface area contributed by atoms with Crippen molar-refractivity contribution in [3.63, 3.8) is 0 Å². The second kappa shape index (κ2) is 8.48. The van der Waals surface area contributed by atoms with Crippen LogP contribution < -0.4 is 9.00 Å². The first-order chi connectivity index (χ1) is 11.5. The van der Waals surface area contributed by atoms with Gasteiger partial charge in [0.15, 0.2) is 0 Å². The molecular weight excluding hydrogens is 361 g/mol. The Morgan fingerprint density at radius 2 is 0.833 bits per heavy atom. The summed E-state index contributed by atoms with van der Waals surface area (Å²) in [4.78, 5) is 3.03. The second-order valence-corrected chi connectivity index (χ2v) is 20.3. The molecule has 0 fully saturated rings. The van der Waals surface area contributed by atoms with Gasteiger partial charge in [0, 0.05) is 9.75 Å². The van der Waals surface area contributed by atoms with Crippen LogP contribution in [0.15, 0.2) is 24.3 Å². The topological polar surface area (TPSA) is 0 Å². The third kappa shape index (κ3) is 3.53. The van der Waals surface area contributed by atoms with E-state index in [0.717, 1.165) is 0 Å². The van der Waals surface area contributed by atoms with Crippen molar-refractivity contribution in [3.05, 3.63) is 24.3 Å². The molecule has 24 heavy (non-hydrogen) atoms. The van der Waals surface area contributed by atoms with Gasteiger partial charge in [0.1, 0.15) is 0 Å². The fraction of sp³-hybridized carbons (Fsp3) is 0.600. The molecule has 0 radical (unpaired) electrons. The molecule has 0 nitrogen and oxygen atoms in total. The highest BCUT2D eigenvalue weighted by molar-refractivity contribution is 7.34. The van der Waals surface area contributed by atoms with Crippen molar-refractivity contribution >= 4 is 47.8 Å². The van der Waals surface area contributed by atoms with Crippen LogP contribution >= 0.6 is 22.7 Å². The van der Waals surface area contributed by atoms with E-state index < -0.39 is 16.1 Å². The van der Waals surface area contributed by atoms with Crippen LogP contribution in [0.3, 0.4) is 0 Å². The summed E-state index contributed by atoms with van der Waals surface area (Å²) in [6, 6.07) is 18.0. The van der Waals surface area contributed by atoms with E-state index in [-0.39, 0.29) is 0 Å². The number of hydrogen-bond acceptors (Lipinski definition) is 2. The highest BCUT2D eigenvalue weighted by atomic mass is 32.1. The third-order valence-corrected chi connectivity index (χ3v) is 22.3.